The number of hydrogen-bond donors (Lipinski definition) is 0. The van der Waals surface area contributed by atoms with E-state index in [1.807, 2.05) is 177 Å². The molecule has 0 spiro atoms. The molecule has 0 bridgehead atoms. The van der Waals surface area contributed by atoms with Gasteiger partial charge in [-0.25, -0.2) is 26.3 Å². The Hall–Kier alpha value is -7.64. The number of benzene rings is 9. The predicted octanol–water partition coefficient (Wildman–Crippen LogP) is 15.0. The van der Waals surface area contributed by atoms with E-state index < -0.39 is 45.7 Å². The maximum Gasteiger partial charge on any atom is 0.194 e. The molecule has 0 aromatic heterocycles. The Balaban J connectivity index is 1.09. The van der Waals surface area contributed by atoms with Crippen LogP contribution in [0.5, 0.6) is 0 Å². The Morgan fingerprint density at radius 3 is 0.875 bits per heavy atom. The molecule has 0 unspecified atom stereocenters. The van der Waals surface area contributed by atoms with Gasteiger partial charge in [0.2, 0.25) is 0 Å². The van der Waals surface area contributed by atoms with Crippen molar-refractivity contribution in [2.45, 2.75) is 17.8 Å². The minimum absolute atomic E-state index is 0.255. The highest BCUT2D eigenvalue weighted by Gasteiger charge is 2.48. The van der Waals surface area contributed by atoms with Crippen LogP contribution in [-0.4, -0.2) is 0 Å². The normalized spacial score (nSPS) is 13.8. The highest BCUT2D eigenvalue weighted by atomic mass is 19.2. The van der Waals surface area contributed by atoms with Crippen LogP contribution < -0.4 is 4.90 Å². The molecule has 0 fully saturated rings. The summed E-state index contributed by atoms with van der Waals surface area (Å²) < 4.78 is 90.3. The molecule has 9 aromatic carbocycles. The molecule has 1 nitrogen and oxygen atoms in total. The summed E-state index contributed by atoms with van der Waals surface area (Å²) in [6.45, 7) is 2.01. The monoisotopic (exact) mass is 847 g/mol. The first-order valence-corrected chi connectivity index (χ1v) is 20.9. The van der Waals surface area contributed by atoms with Gasteiger partial charge in [-0.05, 0) is 134 Å². The lowest BCUT2D eigenvalue weighted by atomic mass is 9.67. The van der Waals surface area contributed by atoms with Crippen LogP contribution in [0, 0.1) is 41.8 Å². The van der Waals surface area contributed by atoms with Crippen molar-refractivity contribution >= 4 is 17.1 Å². The number of rotatable bonds is 7. The van der Waals surface area contributed by atoms with Crippen molar-refractivity contribution in [2.24, 2.45) is 0 Å². The standard InChI is InChI=1S/C57H35F6N/c1-34-18-24-39(25-19-34)64(40-26-20-35(21-27-40)56(37-30-50(58)54(62)51(59)31-37)46-14-6-2-10-42(46)43-11-3-7-15-47(43)56)41-28-22-36(23-29-41)57(38-32-52(60)55(63)53(61)33-38)48-16-8-4-12-44(48)45-13-5-9-17-49(45)57/h2-33H,1H3. The van der Waals surface area contributed by atoms with Crippen molar-refractivity contribution in [3.05, 3.63) is 279 Å². The molecule has 9 aromatic rings. The molecule has 0 heterocycles. The molecule has 64 heavy (non-hydrogen) atoms. The van der Waals surface area contributed by atoms with Gasteiger partial charge in [0.25, 0.3) is 0 Å². The number of aryl methyl sites for hydroxylation is 1. The Morgan fingerprint density at radius 1 is 0.312 bits per heavy atom. The third kappa shape index (κ3) is 5.59. The molecule has 0 N–H and O–H groups in total. The first-order chi connectivity index (χ1) is 31.1. The van der Waals surface area contributed by atoms with E-state index in [1.54, 1.807) is 0 Å². The molecule has 310 valence electrons. The van der Waals surface area contributed by atoms with Crippen LogP contribution in [0.4, 0.5) is 43.4 Å². The molecule has 2 aliphatic rings. The summed E-state index contributed by atoms with van der Waals surface area (Å²) in [4.78, 5) is 2.08. The van der Waals surface area contributed by atoms with E-state index in [-0.39, 0.29) is 11.1 Å². The minimum Gasteiger partial charge on any atom is -0.311 e. The predicted molar refractivity (Wildman–Crippen MR) is 240 cm³/mol. The summed E-state index contributed by atoms with van der Waals surface area (Å²) in [7, 11) is 0. The fraction of sp³-hybridized carbons (Fsp3) is 0.0526. The Bertz CT molecular complexity index is 2970. The number of anilines is 3. The summed E-state index contributed by atoms with van der Waals surface area (Å²) >= 11 is 0. The summed E-state index contributed by atoms with van der Waals surface area (Å²) in [6, 6.07) is 59.1. The van der Waals surface area contributed by atoms with E-state index in [0.717, 1.165) is 103 Å². The lowest BCUT2D eigenvalue weighted by Crippen LogP contribution is -2.29. The van der Waals surface area contributed by atoms with Gasteiger partial charge in [0.05, 0.1) is 10.8 Å². The second-order valence-corrected chi connectivity index (χ2v) is 16.5. The van der Waals surface area contributed by atoms with Gasteiger partial charge in [-0.15, -0.1) is 0 Å². The van der Waals surface area contributed by atoms with Gasteiger partial charge in [0.1, 0.15) is 0 Å². The zero-order chi connectivity index (χ0) is 43.9. The van der Waals surface area contributed by atoms with Gasteiger partial charge in [-0.1, -0.05) is 139 Å². The van der Waals surface area contributed by atoms with E-state index in [9.17, 15) is 8.78 Å². The molecule has 0 saturated carbocycles. The van der Waals surface area contributed by atoms with Crippen LogP contribution in [0.15, 0.2) is 194 Å². The van der Waals surface area contributed by atoms with Crippen molar-refractivity contribution in [1.82, 2.24) is 0 Å². The number of fused-ring (bicyclic) bond motifs is 6. The first kappa shape index (κ1) is 39.2. The average Bonchev–Trinajstić information content (AvgIpc) is 3.80. The molecule has 0 saturated heterocycles. The van der Waals surface area contributed by atoms with Crippen LogP contribution in [-0.2, 0) is 10.8 Å². The fourth-order valence-corrected chi connectivity index (χ4v) is 10.5. The third-order valence-electron chi connectivity index (χ3n) is 13.1. The minimum atomic E-state index is -1.53. The lowest BCUT2D eigenvalue weighted by Gasteiger charge is -2.35. The highest BCUT2D eigenvalue weighted by molar-refractivity contribution is 5.88. The Kier molecular flexibility index (Phi) is 9.03. The average molecular weight is 848 g/mol. The van der Waals surface area contributed by atoms with Crippen molar-refractivity contribution in [2.75, 3.05) is 4.90 Å². The van der Waals surface area contributed by atoms with Gasteiger partial charge >= 0.3 is 0 Å². The molecule has 2 aliphatic carbocycles. The summed E-state index contributed by atoms with van der Waals surface area (Å²) in [6.07, 6.45) is 0. The highest BCUT2D eigenvalue weighted by Crippen LogP contribution is 2.58. The van der Waals surface area contributed by atoms with Gasteiger partial charge in [0, 0.05) is 17.1 Å². The van der Waals surface area contributed by atoms with E-state index >= 15 is 17.6 Å². The zero-order valence-electron chi connectivity index (χ0n) is 34.2. The topological polar surface area (TPSA) is 3.24 Å². The summed E-state index contributed by atoms with van der Waals surface area (Å²) in [5.74, 6) is -8.16. The molecule has 11 rings (SSSR count). The number of hydrogen-bond acceptors (Lipinski definition) is 1. The van der Waals surface area contributed by atoms with Crippen LogP contribution >= 0.6 is 0 Å². The number of nitrogens with zero attached hydrogens (tertiary/aromatic N) is 1. The smallest absolute Gasteiger partial charge is 0.194 e. The summed E-state index contributed by atoms with van der Waals surface area (Å²) in [5.41, 5.74) is 9.86. The largest absolute Gasteiger partial charge is 0.311 e. The summed E-state index contributed by atoms with van der Waals surface area (Å²) in [5, 5.41) is 0. The molecule has 0 atom stereocenters. The SMILES string of the molecule is Cc1ccc(N(c2ccc(C3(c4cc(F)c(F)c(F)c4)c4ccccc4-c4ccccc43)cc2)c2ccc(C3(c4cc(F)c(F)c(F)c4)c4ccccc4-c4ccccc43)cc2)cc1. The Labute approximate surface area is 366 Å². The van der Waals surface area contributed by atoms with Gasteiger partial charge in [0.15, 0.2) is 34.9 Å². The van der Waals surface area contributed by atoms with Gasteiger partial charge in [-0.2, -0.15) is 0 Å². The molecule has 0 aliphatic heterocycles. The van der Waals surface area contributed by atoms with Crippen LogP contribution in [0.3, 0.4) is 0 Å². The third-order valence-corrected chi connectivity index (χ3v) is 13.1. The van der Waals surface area contributed by atoms with E-state index in [0.29, 0.717) is 0 Å². The fourth-order valence-electron chi connectivity index (χ4n) is 10.5. The quantitative estimate of drug-likeness (QED) is 0.114. The van der Waals surface area contributed by atoms with E-state index in [4.69, 9.17) is 0 Å². The lowest BCUT2D eigenvalue weighted by molar-refractivity contribution is 0.443. The van der Waals surface area contributed by atoms with Gasteiger partial charge < -0.3 is 4.90 Å². The molecule has 0 radical (unpaired) electrons. The van der Waals surface area contributed by atoms with E-state index in [1.165, 1.54) is 0 Å². The molecule has 0 amide bonds. The molecule has 7 heteroatoms. The van der Waals surface area contributed by atoms with Crippen LogP contribution in [0.1, 0.15) is 50.1 Å². The second kappa shape index (κ2) is 14.7. The molecular weight excluding hydrogens is 813 g/mol. The van der Waals surface area contributed by atoms with Crippen molar-refractivity contribution in [1.29, 1.82) is 0 Å². The molecular formula is C57H35F6N. The van der Waals surface area contributed by atoms with E-state index in [2.05, 4.69) is 4.90 Å². The maximum absolute atomic E-state index is 15.3. The van der Waals surface area contributed by atoms with Gasteiger partial charge in [-0.3, -0.25) is 0 Å². The first-order valence-electron chi connectivity index (χ1n) is 20.9. The second-order valence-electron chi connectivity index (χ2n) is 16.5. The van der Waals surface area contributed by atoms with Crippen molar-refractivity contribution in [3.63, 3.8) is 0 Å². The Morgan fingerprint density at radius 2 is 0.578 bits per heavy atom. The van der Waals surface area contributed by atoms with Crippen molar-refractivity contribution < 1.29 is 26.3 Å². The maximum atomic E-state index is 15.3. The zero-order valence-corrected chi connectivity index (χ0v) is 34.2. The van der Waals surface area contributed by atoms with Crippen molar-refractivity contribution in [3.8, 4) is 22.3 Å². The van der Waals surface area contributed by atoms with Crippen LogP contribution in [0.25, 0.3) is 22.3 Å². The van der Waals surface area contributed by atoms with Crippen LogP contribution in [0.2, 0.25) is 0 Å². The number of halogens is 6.